The molecular formula is C24H33F6N5O3. The molecule has 0 saturated carbocycles. The van der Waals surface area contributed by atoms with E-state index in [-0.39, 0.29) is 31.2 Å². The zero-order valence-electron chi connectivity index (χ0n) is 21.7. The van der Waals surface area contributed by atoms with Gasteiger partial charge in [0.15, 0.2) is 0 Å². The number of hydrogen-bond donors (Lipinski definition) is 1. The molecule has 0 spiro atoms. The van der Waals surface area contributed by atoms with Gasteiger partial charge in [-0.15, -0.1) is 0 Å². The molecule has 0 aromatic carbocycles. The predicted octanol–water partition coefficient (Wildman–Crippen LogP) is 4.70. The number of aromatic nitrogens is 2. The van der Waals surface area contributed by atoms with Crippen molar-refractivity contribution in [3.8, 4) is 0 Å². The monoisotopic (exact) mass is 553 g/mol. The van der Waals surface area contributed by atoms with E-state index in [0.717, 1.165) is 12.3 Å². The maximum absolute atomic E-state index is 12.9. The Morgan fingerprint density at radius 3 is 2.26 bits per heavy atom. The molecule has 214 valence electrons. The first kappa shape index (κ1) is 32.9. The van der Waals surface area contributed by atoms with Crippen LogP contribution in [0.2, 0.25) is 0 Å². The molecule has 0 atom stereocenters. The first-order chi connectivity index (χ1) is 17.9. The maximum Gasteiger partial charge on any atom is 0.421 e. The Labute approximate surface area is 217 Å². The van der Waals surface area contributed by atoms with Gasteiger partial charge in [0.2, 0.25) is 5.91 Å². The smallest absolute Gasteiger partial charge is 0.375 e. The third kappa shape index (κ3) is 10.3. The molecule has 2 rings (SSSR count). The fourth-order valence-corrected chi connectivity index (χ4v) is 3.30. The molecule has 0 aliphatic carbocycles. The van der Waals surface area contributed by atoms with E-state index < -0.39 is 29.0 Å². The number of aliphatic imine (C=N–C) groups is 1. The molecule has 1 aliphatic rings. The topological polar surface area (TPSA) is 90.9 Å². The number of nitrogens with one attached hydrogen (secondary N) is 1. The van der Waals surface area contributed by atoms with Crippen molar-refractivity contribution in [1.29, 1.82) is 0 Å². The Kier molecular flexibility index (Phi) is 13.2. The molecule has 1 fully saturated rings. The lowest BCUT2D eigenvalue weighted by molar-refractivity contribution is -0.139. The molecule has 1 aliphatic heterocycles. The molecular weight excluding hydrogens is 520 g/mol. The second kappa shape index (κ2) is 15.3. The summed E-state index contributed by atoms with van der Waals surface area (Å²) in [4.78, 5) is 31.1. The van der Waals surface area contributed by atoms with Crippen molar-refractivity contribution in [3.63, 3.8) is 0 Å². The Balaban J connectivity index is 0.00000352. The van der Waals surface area contributed by atoms with E-state index in [1.165, 1.54) is 6.92 Å². The van der Waals surface area contributed by atoms with Gasteiger partial charge >= 0.3 is 12.4 Å². The molecule has 38 heavy (non-hydrogen) atoms. The SMILES string of the molecule is CC.C\C=C(/C=N\C(=C\CC)N1CCN(C(=O)CCOCc2cc(C(F)(F)F)c(=O)[nH]n2)CC1)C(F)(F)F. The van der Waals surface area contributed by atoms with Gasteiger partial charge in [0.25, 0.3) is 5.56 Å². The van der Waals surface area contributed by atoms with Crippen molar-refractivity contribution < 1.29 is 35.9 Å². The summed E-state index contributed by atoms with van der Waals surface area (Å²) in [5.74, 6) is 0.154. The molecule has 1 aromatic rings. The van der Waals surface area contributed by atoms with Crippen LogP contribution in [-0.4, -0.2) is 71.1 Å². The summed E-state index contributed by atoms with van der Waals surface area (Å²) < 4.78 is 82.4. The van der Waals surface area contributed by atoms with Gasteiger partial charge in [0.05, 0.1) is 30.9 Å². The van der Waals surface area contributed by atoms with Crippen LogP contribution in [0.15, 0.2) is 39.4 Å². The van der Waals surface area contributed by atoms with Crippen LogP contribution >= 0.6 is 0 Å². The number of piperazine rings is 1. The summed E-state index contributed by atoms with van der Waals surface area (Å²) in [6.07, 6.45) is -5.36. The van der Waals surface area contributed by atoms with Crippen LogP contribution in [0.25, 0.3) is 0 Å². The quantitative estimate of drug-likeness (QED) is 0.272. The highest BCUT2D eigenvalue weighted by Gasteiger charge is 2.34. The Hall–Kier alpha value is -3.16. The second-order valence-electron chi connectivity index (χ2n) is 7.74. The molecule has 0 unspecified atom stereocenters. The third-order valence-electron chi connectivity index (χ3n) is 5.19. The summed E-state index contributed by atoms with van der Waals surface area (Å²) in [5.41, 5.74) is -3.73. The summed E-state index contributed by atoms with van der Waals surface area (Å²) in [6.45, 7) is 8.10. The number of halogens is 6. The van der Waals surface area contributed by atoms with Crippen LogP contribution in [-0.2, 0) is 22.3 Å². The average molecular weight is 554 g/mol. The number of allylic oxidation sites excluding steroid dienone is 3. The van der Waals surface area contributed by atoms with Gasteiger partial charge in [-0.2, -0.15) is 31.4 Å². The number of amides is 1. The highest BCUT2D eigenvalue weighted by molar-refractivity contribution is 5.81. The molecule has 0 radical (unpaired) electrons. The molecule has 0 bridgehead atoms. The van der Waals surface area contributed by atoms with Crippen LogP contribution in [0.5, 0.6) is 0 Å². The Bertz CT molecular complexity index is 1040. The van der Waals surface area contributed by atoms with E-state index >= 15 is 0 Å². The molecule has 1 amide bonds. The van der Waals surface area contributed by atoms with E-state index in [2.05, 4.69) is 10.1 Å². The highest BCUT2D eigenvalue weighted by atomic mass is 19.4. The molecule has 2 heterocycles. The summed E-state index contributed by atoms with van der Waals surface area (Å²) >= 11 is 0. The Morgan fingerprint density at radius 1 is 1.13 bits per heavy atom. The number of rotatable bonds is 9. The van der Waals surface area contributed by atoms with Crippen LogP contribution in [0.4, 0.5) is 26.3 Å². The molecule has 1 saturated heterocycles. The highest BCUT2D eigenvalue weighted by Crippen LogP contribution is 2.26. The third-order valence-corrected chi connectivity index (χ3v) is 5.19. The van der Waals surface area contributed by atoms with E-state index in [9.17, 15) is 35.9 Å². The van der Waals surface area contributed by atoms with Crippen molar-refractivity contribution in [2.24, 2.45) is 4.99 Å². The van der Waals surface area contributed by atoms with Crippen molar-refractivity contribution in [1.82, 2.24) is 20.0 Å². The zero-order valence-corrected chi connectivity index (χ0v) is 21.7. The number of alkyl halides is 6. The molecule has 1 aromatic heterocycles. The lowest BCUT2D eigenvalue weighted by Gasteiger charge is -2.36. The number of nitrogens with zero attached hydrogens (tertiary/aromatic N) is 4. The van der Waals surface area contributed by atoms with Crippen molar-refractivity contribution in [3.05, 3.63) is 51.2 Å². The summed E-state index contributed by atoms with van der Waals surface area (Å²) in [7, 11) is 0. The van der Waals surface area contributed by atoms with Gasteiger partial charge in [0.1, 0.15) is 11.4 Å². The average Bonchev–Trinajstić information content (AvgIpc) is 2.87. The number of carbonyl (C=O) groups is 1. The molecule has 8 nitrogen and oxygen atoms in total. The molecule has 1 N–H and O–H groups in total. The van der Waals surface area contributed by atoms with Crippen LogP contribution < -0.4 is 5.56 Å². The number of hydrogen-bond acceptors (Lipinski definition) is 6. The summed E-state index contributed by atoms with van der Waals surface area (Å²) in [6, 6.07) is 0.595. The van der Waals surface area contributed by atoms with E-state index in [1.807, 2.05) is 20.8 Å². The number of ether oxygens (including phenoxy) is 1. The van der Waals surface area contributed by atoms with E-state index in [4.69, 9.17) is 4.74 Å². The van der Waals surface area contributed by atoms with Gasteiger partial charge in [-0.25, -0.2) is 10.1 Å². The first-order valence-electron chi connectivity index (χ1n) is 12.1. The maximum atomic E-state index is 12.9. The van der Waals surface area contributed by atoms with E-state index in [0.29, 0.717) is 44.5 Å². The van der Waals surface area contributed by atoms with Crippen LogP contribution in [0.3, 0.4) is 0 Å². The minimum Gasteiger partial charge on any atom is -0.375 e. The number of aromatic amines is 1. The standard InChI is InChI=1S/C22H27F6N5O3.C2H6/c1-3-5-18(29-13-15(4-2)21(23,24)25)32-7-9-33(10-8-32)19(34)6-11-36-14-16-12-17(22(26,27)28)20(35)31-30-16;1-2/h4-5,12-13H,3,6-11,14H2,1-2H3,(H,31,35);1-2H3/b15-4+,18-5-,29-13-;. The van der Waals surface area contributed by atoms with Gasteiger partial charge in [-0.05, 0) is 25.5 Å². The first-order valence-corrected chi connectivity index (χ1v) is 12.1. The largest absolute Gasteiger partial charge is 0.421 e. The number of H-pyrrole nitrogens is 1. The van der Waals surface area contributed by atoms with Crippen molar-refractivity contribution >= 4 is 12.1 Å². The van der Waals surface area contributed by atoms with Crippen LogP contribution in [0.1, 0.15) is 51.8 Å². The zero-order chi connectivity index (χ0) is 28.9. The number of carbonyl (C=O) groups excluding carboxylic acids is 1. The summed E-state index contributed by atoms with van der Waals surface area (Å²) in [5, 5.41) is 5.26. The van der Waals surface area contributed by atoms with Gasteiger partial charge < -0.3 is 14.5 Å². The second-order valence-corrected chi connectivity index (χ2v) is 7.74. The minimum absolute atomic E-state index is 0.0263. The van der Waals surface area contributed by atoms with Crippen molar-refractivity contribution in [2.75, 3.05) is 32.8 Å². The van der Waals surface area contributed by atoms with Gasteiger partial charge in [-0.1, -0.05) is 26.8 Å². The fourth-order valence-electron chi connectivity index (χ4n) is 3.30. The van der Waals surface area contributed by atoms with Gasteiger partial charge in [-0.3, -0.25) is 9.59 Å². The lowest BCUT2D eigenvalue weighted by Crippen LogP contribution is -2.48. The normalized spacial score (nSPS) is 15.5. The lowest BCUT2D eigenvalue weighted by atomic mass is 10.2. The van der Waals surface area contributed by atoms with Gasteiger partial charge in [0, 0.05) is 32.4 Å². The predicted molar refractivity (Wildman–Crippen MR) is 130 cm³/mol. The van der Waals surface area contributed by atoms with E-state index in [1.54, 1.807) is 21.0 Å². The van der Waals surface area contributed by atoms with Crippen molar-refractivity contribution in [2.45, 2.75) is 59.5 Å². The minimum atomic E-state index is -4.83. The Morgan fingerprint density at radius 2 is 1.74 bits per heavy atom. The van der Waals surface area contributed by atoms with Crippen LogP contribution in [0, 0.1) is 0 Å². The molecule has 14 heteroatoms. The fraction of sp³-hybridized carbons (Fsp3) is 0.583.